The molecule has 1 unspecified atom stereocenters. The van der Waals surface area contributed by atoms with Gasteiger partial charge in [-0.3, -0.25) is 9.78 Å². The molecule has 0 bridgehead atoms. The lowest BCUT2D eigenvalue weighted by molar-refractivity contribution is -0.141. The van der Waals surface area contributed by atoms with E-state index in [1.807, 2.05) is 19.1 Å². The summed E-state index contributed by atoms with van der Waals surface area (Å²) in [5, 5.41) is 2.72. The number of carbonyl (C=O) groups excluding carboxylic acids is 1. The zero-order valence-electron chi connectivity index (χ0n) is 23.1. The minimum atomic E-state index is -4.64. The maximum Gasteiger partial charge on any atom is 0.433 e. The van der Waals surface area contributed by atoms with Crippen LogP contribution in [0.3, 0.4) is 0 Å². The summed E-state index contributed by atoms with van der Waals surface area (Å²) in [6.07, 6.45) is 0.343. The Morgan fingerprint density at radius 2 is 1.90 bits per heavy atom. The lowest BCUT2D eigenvalue weighted by Gasteiger charge is -2.30. The Bertz CT molecular complexity index is 1470. The van der Waals surface area contributed by atoms with Crippen molar-refractivity contribution in [1.29, 1.82) is 0 Å². The number of alkyl halides is 3. The highest BCUT2D eigenvalue weighted by Gasteiger charge is 2.33. The number of hydrogen-bond acceptors (Lipinski definition) is 6. The van der Waals surface area contributed by atoms with Crippen LogP contribution >= 0.6 is 0 Å². The lowest BCUT2D eigenvalue weighted by Crippen LogP contribution is -2.36. The molecule has 2 fully saturated rings. The normalized spacial score (nSPS) is 18.0. The summed E-state index contributed by atoms with van der Waals surface area (Å²) in [6.45, 7) is 6.71. The van der Waals surface area contributed by atoms with E-state index < -0.39 is 17.8 Å². The molecule has 1 amide bonds. The van der Waals surface area contributed by atoms with Crippen molar-refractivity contribution in [2.24, 2.45) is 5.92 Å². The lowest BCUT2D eigenvalue weighted by atomic mass is 9.98. The van der Waals surface area contributed by atoms with Crippen LogP contribution in [0.5, 0.6) is 0 Å². The highest BCUT2D eigenvalue weighted by molar-refractivity contribution is 6.04. The Morgan fingerprint density at radius 3 is 2.66 bits per heavy atom. The quantitative estimate of drug-likeness (QED) is 0.437. The summed E-state index contributed by atoms with van der Waals surface area (Å²) in [6, 6.07) is 9.46. The standard InChI is InChI=1S/C31H32F3N5O2/c1-21-5-7-25(37-30(40)23-9-10-35-29(17-23)31(32,33)34)18-26(21)24-16-28(39-12-14-41-15-13-39)27(36-19-24)8-6-22-4-3-11-38(2)20-22/h5,7,9-10,16-19,22H,3-4,11-15,20H2,1-2H3,(H,37,40). The number of benzene rings is 1. The molecule has 4 heterocycles. The molecule has 3 aromatic rings. The molecule has 1 N–H and O–H groups in total. The Balaban J connectivity index is 1.43. The molecule has 0 spiro atoms. The average Bonchev–Trinajstić information content (AvgIpc) is 2.97. The third kappa shape index (κ3) is 7.04. The molecule has 7 nitrogen and oxygen atoms in total. The largest absolute Gasteiger partial charge is 0.433 e. The van der Waals surface area contributed by atoms with Crippen LogP contribution in [-0.2, 0) is 10.9 Å². The molecular formula is C31H32F3N5O2. The molecule has 2 aromatic heterocycles. The van der Waals surface area contributed by atoms with Gasteiger partial charge in [0.2, 0.25) is 0 Å². The zero-order chi connectivity index (χ0) is 29.0. The fourth-order valence-corrected chi connectivity index (χ4v) is 5.14. The topological polar surface area (TPSA) is 70.6 Å². The first-order valence-electron chi connectivity index (χ1n) is 13.7. The van der Waals surface area contributed by atoms with E-state index in [0.717, 1.165) is 79.4 Å². The fourth-order valence-electron chi connectivity index (χ4n) is 5.14. The monoisotopic (exact) mass is 563 g/mol. The molecule has 0 saturated carbocycles. The summed E-state index contributed by atoms with van der Waals surface area (Å²) < 4.78 is 44.8. The number of hydrogen-bond donors (Lipinski definition) is 1. The molecule has 1 aromatic carbocycles. The van der Waals surface area contributed by atoms with Gasteiger partial charge in [0.15, 0.2) is 0 Å². The Hall–Kier alpha value is -3.94. The van der Waals surface area contributed by atoms with Gasteiger partial charge < -0.3 is 19.9 Å². The first-order valence-corrected chi connectivity index (χ1v) is 13.7. The number of aromatic nitrogens is 2. The molecule has 0 radical (unpaired) electrons. The number of pyridine rings is 2. The van der Waals surface area contributed by atoms with Crippen LogP contribution in [0.25, 0.3) is 11.1 Å². The van der Waals surface area contributed by atoms with Crippen LogP contribution in [0, 0.1) is 24.7 Å². The predicted octanol–water partition coefficient (Wildman–Crippen LogP) is 5.25. The first-order chi connectivity index (χ1) is 19.7. The summed E-state index contributed by atoms with van der Waals surface area (Å²) >= 11 is 0. The van der Waals surface area contributed by atoms with Crippen molar-refractivity contribution in [3.05, 3.63) is 71.3 Å². The SMILES string of the molecule is Cc1ccc(NC(=O)c2ccnc(C(F)(F)F)c2)cc1-c1cnc(C#CC2CCCN(C)C2)c(N2CCOCC2)c1. The maximum absolute atomic E-state index is 13.1. The highest BCUT2D eigenvalue weighted by Crippen LogP contribution is 2.32. The number of morpholine rings is 1. The molecule has 1 atom stereocenters. The van der Waals surface area contributed by atoms with E-state index in [4.69, 9.17) is 9.72 Å². The van der Waals surface area contributed by atoms with Gasteiger partial charge in [-0.05, 0) is 80.7 Å². The van der Waals surface area contributed by atoms with Gasteiger partial charge in [0.25, 0.3) is 5.91 Å². The average molecular weight is 564 g/mol. The molecule has 2 saturated heterocycles. The van der Waals surface area contributed by atoms with Crippen LogP contribution in [0.2, 0.25) is 0 Å². The number of likely N-dealkylation sites (tertiary alicyclic amines) is 1. The molecule has 10 heteroatoms. The summed E-state index contributed by atoms with van der Waals surface area (Å²) in [5.41, 5.74) is 3.55. The second-order valence-corrected chi connectivity index (χ2v) is 10.5. The van der Waals surface area contributed by atoms with E-state index in [1.165, 1.54) is 6.07 Å². The molecule has 0 aliphatic carbocycles. The van der Waals surface area contributed by atoms with Crippen molar-refractivity contribution in [3.8, 4) is 23.0 Å². The van der Waals surface area contributed by atoms with Gasteiger partial charge in [-0.1, -0.05) is 12.0 Å². The van der Waals surface area contributed by atoms with Crippen LogP contribution < -0.4 is 10.2 Å². The Morgan fingerprint density at radius 1 is 1.10 bits per heavy atom. The van der Waals surface area contributed by atoms with E-state index in [2.05, 4.69) is 45.1 Å². The number of nitrogens with zero attached hydrogens (tertiary/aromatic N) is 4. The summed E-state index contributed by atoms with van der Waals surface area (Å²) in [5.74, 6) is 6.45. The summed E-state index contributed by atoms with van der Waals surface area (Å²) in [7, 11) is 2.12. The number of rotatable bonds is 4. The van der Waals surface area contributed by atoms with Gasteiger partial charge in [-0.25, -0.2) is 4.98 Å². The zero-order valence-corrected chi connectivity index (χ0v) is 23.1. The van der Waals surface area contributed by atoms with Crippen molar-refractivity contribution in [1.82, 2.24) is 14.9 Å². The van der Waals surface area contributed by atoms with Crippen molar-refractivity contribution in [3.63, 3.8) is 0 Å². The maximum atomic E-state index is 13.1. The number of carbonyl (C=O) groups is 1. The third-order valence-electron chi connectivity index (χ3n) is 7.36. The van der Waals surface area contributed by atoms with E-state index in [1.54, 1.807) is 12.3 Å². The number of nitrogens with one attached hydrogen (secondary N) is 1. The van der Waals surface area contributed by atoms with Crippen molar-refractivity contribution in [2.75, 3.05) is 56.7 Å². The van der Waals surface area contributed by atoms with Crippen LogP contribution in [0.15, 0.2) is 48.8 Å². The van der Waals surface area contributed by atoms with Crippen LogP contribution in [0.1, 0.15) is 40.2 Å². The number of halogens is 3. The van der Waals surface area contributed by atoms with Gasteiger partial charge in [0.1, 0.15) is 11.4 Å². The number of ether oxygens (including phenoxy) is 1. The minimum absolute atomic E-state index is 0.127. The molecular weight excluding hydrogens is 531 g/mol. The molecule has 2 aliphatic rings. The van der Waals surface area contributed by atoms with Crippen molar-refractivity contribution in [2.45, 2.75) is 25.9 Å². The van der Waals surface area contributed by atoms with Crippen LogP contribution in [0.4, 0.5) is 24.5 Å². The van der Waals surface area contributed by atoms with Crippen LogP contribution in [-0.4, -0.2) is 67.2 Å². The van der Waals surface area contributed by atoms with Gasteiger partial charge in [0.05, 0.1) is 18.9 Å². The van der Waals surface area contributed by atoms with Gasteiger partial charge in [-0.2, -0.15) is 13.2 Å². The second kappa shape index (κ2) is 12.3. The second-order valence-electron chi connectivity index (χ2n) is 10.5. The predicted molar refractivity (Wildman–Crippen MR) is 152 cm³/mol. The molecule has 5 rings (SSSR count). The van der Waals surface area contributed by atoms with E-state index in [-0.39, 0.29) is 5.56 Å². The number of aryl methyl sites for hydroxylation is 1. The van der Waals surface area contributed by atoms with Crippen molar-refractivity contribution >= 4 is 17.3 Å². The number of anilines is 2. The number of amides is 1. The van der Waals surface area contributed by atoms with Gasteiger partial charge in [0, 0.05) is 54.8 Å². The van der Waals surface area contributed by atoms with E-state index in [0.29, 0.717) is 24.8 Å². The molecule has 214 valence electrons. The van der Waals surface area contributed by atoms with Gasteiger partial charge >= 0.3 is 6.18 Å². The molecule has 41 heavy (non-hydrogen) atoms. The number of piperidine rings is 1. The van der Waals surface area contributed by atoms with E-state index in [9.17, 15) is 18.0 Å². The first kappa shape index (κ1) is 28.6. The molecule has 2 aliphatic heterocycles. The fraction of sp³-hybridized carbons (Fsp3) is 0.387. The smallest absolute Gasteiger partial charge is 0.378 e. The minimum Gasteiger partial charge on any atom is -0.378 e. The highest BCUT2D eigenvalue weighted by atomic mass is 19.4. The summed E-state index contributed by atoms with van der Waals surface area (Å²) in [4.78, 5) is 25.4. The van der Waals surface area contributed by atoms with Gasteiger partial charge in [-0.15, -0.1) is 0 Å². The third-order valence-corrected chi connectivity index (χ3v) is 7.36. The Kier molecular flexibility index (Phi) is 8.57. The van der Waals surface area contributed by atoms with E-state index >= 15 is 0 Å². The Labute approximate surface area is 237 Å². The van der Waals surface area contributed by atoms with Crippen molar-refractivity contribution < 1.29 is 22.7 Å².